The molecule has 0 unspecified atom stereocenters. The SMILES string of the molecule is Cn1c(CCC(=O)OCC(=O)NC2CC2)nc2ccccc2c1=O. The maximum atomic E-state index is 12.3. The van der Waals surface area contributed by atoms with Gasteiger partial charge in [0.25, 0.3) is 11.5 Å². The fourth-order valence-corrected chi connectivity index (χ4v) is 2.42. The Morgan fingerprint density at radius 3 is 2.83 bits per heavy atom. The van der Waals surface area contributed by atoms with Crippen molar-refractivity contribution in [2.24, 2.45) is 7.05 Å². The Hall–Kier alpha value is -2.70. The first-order chi connectivity index (χ1) is 11.5. The van der Waals surface area contributed by atoms with Gasteiger partial charge in [-0.3, -0.25) is 19.0 Å². The van der Waals surface area contributed by atoms with Crippen LogP contribution in [0.4, 0.5) is 0 Å². The van der Waals surface area contributed by atoms with Gasteiger partial charge in [0.05, 0.1) is 17.3 Å². The molecule has 3 rings (SSSR count). The fourth-order valence-electron chi connectivity index (χ4n) is 2.42. The highest BCUT2D eigenvalue weighted by Crippen LogP contribution is 2.18. The molecule has 7 heteroatoms. The molecule has 1 fully saturated rings. The number of carbonyl (C=O) groups is 2. The van der Waals surface area contributed by atoms with Crippen LogP contribution in [0.25, 0.3) is 10.9 Å². The van der Waals surface area contributed by atoms with Crippen LogP contribution in [-0.2, 0) is 27.8 Å². The van der Waals surface area contributed by atoms with E-state index in [1.165, 1.54) is 4.57 Å². The summed E-state index contributed by atoms with van der Waals surface area (Å²) in [6.07, 6.45) is 2.32. The number of rotatable bonds is 6. The molecule has 0 spiro atoms. The number of aromatic nitrogens is 2. The Labute approximate surface area is 138 Å². The smallest absolute Gasteiger partial charge is 0.306 e. The first kappa shape index (κ1) is 16.2. The lowest BCUT2D eigenvalue weighted by Gasteiger charge is -2.09. The topological polar surface area (TPSA) is 90.3 Å². The van der Waals surface area contributed by atoms with E-state index in [-0.39, 0.29) is 37.0 Å². The van der Waals surface area contributed by atoms with Crippen molar-refractivity contribution in [1.82, 2.24) is 14.9 Å². The summed E-state index contributed by atoms with van der Waals surface area (Å²) < 4.78 is 6.39. The molecule has 0 atom stereocenters. The minimum Gasteiger partial charge on any atom is -0.456 e. The second kappa shape index (κ2) is 6.82. The summed E-state index contributed by atoms with van der Waals surface area (Å²) in [5, 5.41) is 3.29. The van der Waals surface area contributed by atoms with Gasteiger partial charge in [-0.15, -0.1) is 0 Å². The second-order valence-electron chi connectivity index (χ2n) is 5.91. The predicted octanol–water partition coefficient (Wildman–Crippen LogP) is 0.688. The van der Waals surface area contributed by atoms with Crippen LogP contribution in [0.2, 0.25) is 0 Å². The van der Waals surface area contributed by atoms with Crippen molar-refractivity contribution in [2.45, 2.75) is 31.7 Å². The Balaban J connectivity index is 1.58. The molecular formula is C17H19N3O4. The molecule has 7 nitrogen and oxygen atoms in total. The third kappa shape index (κ3) is 3.79. The molecule has 1 aliphatic rings. The Bertz CT molecular complexity index is 839. The summed E-state index contributed by atoms with van der Waals surface area (Å²) in [6.45, 7) is -0.264. The van der Waals surface area contributed by atoms with Crippen molar-refractivity contribution >= 4 is 22.8 Å². The summed E-state index contributed by atoms with van der Waals surface area (Å²) in [5.41, 5.74) is 0.459. The highest BCUT2D eigenvalue weighted by atomic mass is 16.5. The molecule has 1 heterocycles. The molecule has 1 amide bonds. The lowest BCUT2D eigenvalue weighted by molar-refractivity contribution is -0.148. The summed E-state index contributed by atoms with van der Waals surface area (Å²) in [4.78, 5) is 39.9. The number of nitrogens with one attached hydrogen (secondary N) is 1. The molecule has 0 aliphatic heterocycles. The monoisotopic (exact) mass is 329 g/mol. The van der Waals surface area contributed by atoms with E-state index >= 15 is 0 Å². The molecule has 24 heavy (non-hydrogen) atoms. The summed E-state index contributed by atoms with van der Waals surface area (Å²) in [5.74, 6) is -0.247. The van der Waals surface area contributed by atoms with Gasteiger partial charge >= 0.3 is 5.97 Å². The van der Waals surface area contributed by atoms with Crippen LogP contribution < -0.4 is 10.9 Å². The van der Waals surface area contributed by atoms with Gasteiger partial charge in [0.15, 0.2) is 6.61 Å². The Kier molecular flexibility index (Phi) is 4.59. The van der Waals surface area contributed by atoms with Crippen LogP contribution in [0, 0.1) is 0 Å². The number of aryl methyl sites for hydroxylation is 1. The minimum atomic E-state index is -0.483. The number of amides is 1. The van der Waals surface area contributed by atoms with Gasteiger partial charge in [0.1, 0.15) is 5.82 Å². The highest BCUT2D eigenvalue weighted by Gasteiger charge is 2.23. The first-order valence-electron chi connectivity index (χ1n) is 7.94. The van der Waals surface area contributed by atoms with E-state index in [1.54, 1.807) is 25.2 Å². The van der Waals surface area contributed by atoms with E-state index in [2.05, 4.69) is 10.3 Å². The van der Waals surface area contributed by atoms with E-state index < -0.39 is 5.97 Å². The molecule has 1 N–H and O–H groups in total. The van der Waals surface area contributed by atoms with Crippen LogP contribution in [0.3, 0.4) is 0 Å². The average molecular weight is 329 g/mol. The van der Waals surface area contributed by atoms with E-state index in [0.29, 0.717) is 16.7 Å². The highest BCUT2D eigenvalue weighted by molar-refractivity contribution is 5.81. The summed E-state index contributed by atoms with van der Waals surface area (Å²) in [6, 6.07) is 7.33. The standard InChI is InChI=1S/C17H19N3O4/c1-20-14(19-13-5-3-2-4-12(13)17(20)23)8-9-16(22)24-10-15(21)18-11-6-7-11/h2-5,11H,6-10H2,1H3,(H,18,21). The molecule has 0 bridgehead atoms. The van der Waals surface area contributed by atoms with Crippen LogP contribution in [0.5, 0.6) is 0 Å². The number of ether oxygens (including phenoxy) is 1. The molecular weight excluding hydrogens is 310 g/mol. The van der Waals surface area contributed by atoms with Crippen LogP contribution in [0.15, 0.2) is 29.1 Å². The molecule has 1 aromatic heterocycles. The fraction of sp³-hybridized carbons (Fsp3) is 0.412. The molecule has 0 saturated heterocycles. The van der Waals surface area contributed by atoms with Crippen molar-refractivity contribution < 1.29 is 14.3 Å². The Morgan fingerprint density at radius 1 is 1.33 bits per heavy atom. The van der Waals surface area contributed by atoms with Gasteiger partial charge < -0.3 is 10.1 Å². The van der Waals surface area contributed by atoms with E-state index in [1.807, 2.05) is 6.07 Å². The van der Waals surface area contributed by atoms with Crippen LogP contribution in [-0.4, -0.2) is 34.1 Å². The molecule has 1 aromatic carbocycles. The number of fused-ring (bicyclic) bond motifs is 1. The zero-order chi connectivity index (χ0) is 17.1. The first-order valence-corrected chi connectivity index (χ1v) is 7.94. The van der Waals surface area contributed by atoms with Crippen molar-refractivity contribution in [3.8, 4) is 0 Å². The lowest BCUT2D eigenvalue weighted by Crippen LogP contribution is -2.30. The largest absolute Gasteiger partial charge is 0.456 e. The van der Waals surface area contributed by atoms with Crippen LogP contribution in [0.1, 0.15) is 25.1 Å². The van der Waals surface area contributed by atoms with Crippen molar-refractivity contribution in [3.63, 3.8) is 0 Å². The maximum Gasteiger partial charge on any atom is 0.306 e. The third-order valence-electron chi connectivity index (χ3n) is 3.94. The van der Waals surface area contributed by atoms with Crippen molar-refractivity contribution in [3.05, 3.63) is 40.4 Å². The summed E-state index contributed by atoms with van der Waals surface area (Å²) in [7, 11) is 1.63. The van der Waals surface area contributed by atoms with Crippen molar-refractivity contribution in [2.75, 3.05) is 6.61 Å². The van der Waals surface area contributed by atoms with E-state index in [4.69, 9.17) is 4.74 Å². The number of nitrogens with zero attached hydrogens (tertiary/aromatic N) is 2. The molecule has 1 saturated carbocycles. The number of para-hydroxylation sites is 1. The third-order valence-corrected chi connectivity index (χ3v) is 3.94. The number of hydrogen-bond acceptors (Lipinski definition) is 5. The summed E-state index contributed by atoms with van der Waals surface area (Å²) >= 11 is 0. The van der Waals surface area contributed by atoms with E-state index in [0.717, 1.165) is 12.8 Å². The van der Waals surface area contributed by atoms with Gasteiger partial charge in [0.2, 0.25) is 0 Å². The molecule has 0 radical (unpaired) electrons. The second-order valence-corrected chi connectivity index (χ2v) is 5.91. The number of carbonyl (C=O) groups excluding carboxylic acids is 2. The minimum absolute atomic E-state index is 0.0648. The maximum absolute atomic E-state index is 12.3. The zero-order valence-corrected chi connectivity index (χ0v) is 13.4. The van der Waals surface area contributed by atoms with Crippen LogP contribution >= 0.6 is 0 Å². The van der Waals surface area contributed by atoms with Gasteiger partial charge in [-0.05, 0) is 25.0 Å². The number of esters is 1. The predicted molar refractivity (Wildman–Crippen MR) is 87.4 cm³/mol. The number of hydrogen-bond donors (Lipinski definition) is 1. The van der Waals surface area contributed by atoms with Crippen molar-refractivity contribution in [1.29, 1.82) is 0 Å². The van der Waals surface area contributed by atoms with Gasteiger partial charge in [-0.2, -0.15) is 0 Å². The zero-order valence-electron chi connectivity index (χ0n) is 13.4. The van der Waals surface area contributed by atoms with Gasteiger partial charge in [-0.1, -0.05) is 12.1 Å². The number of benzene rings is 1. The van der Waals surface area contributed by atoms with Gasteiger partial charge in [0, 0.05) is 19.5 Å². The molecule has 2 aromatic rings. The molecule has 1 aliphatic carbocycles. The van der Waals surface area contributed by atoms with Gasteiger partial charge in [-0.25, -0.2) is 4.98 Å². The molecule has 126 valence electrons. The van der Waals surface area contributed by atoms with E-state index in [9.17, 15) is 14.4 Å². The quantitative estimate of drug-likeness (QED) is 0.788. The normalized spacial score (nSPS) is 13.7. The Morgan fingerprint density at radius 2 is 2.08 bits per heavy atom. The average Bonchev–Trinajstić information content (AvgIpc) is 3.39. The lowest BCUT2D eigenvalue weighted by atomic mass is 10.2.